The lowest BCUT2D eigenvalue weighted by Gasteiger charge is -2.12. The molecule has 0 aliphatic rings. The second kappa shape index (κ2) is 4.73. The van der Waals surface area contributed by atoms with Gasteiger partial charge in [-0.2, -0.15) is 0 Å². The van der Waals surface area contributed by atoms with Crippen molar-refractivity contribution in [2.24, 2.45) is 5.84 Å². The summed E-state index contributed by atoms with van der Waals surface area (Å²) in [5.74, 6) is 5.36. The average Bonchev–Trinajstić information content (AvgIpc) is 2.74. The molecule has 17 heavy (non-hydrogen) atoms. The SMILES string of the molecule is CS(=O)(=O)CC(Cc1cn2ccsc2n1)NN. The number of nitrogens with one attached hydrogen (secondary N) is 1. The minimum Gasteiger partial charge on any atom is -0.297 e. The molecular weight excluding hydrogens is 260 g/mol. The lowest BCUT2D eigenvalue weighted by atomic mass is 10.2. The topological polar surface area (TPSA) is 89.5 Å². The molecule has 2 aromatic rings. The summed E-state index contributed by atoms with van der Waals surface area (Å²) < 4.78 is 24.3. The first-order chi connectivity index (χ1) is 7.98. The number of thiazole rings is 1. The van der Waals surface area contributed by atoms with Crippen molar-refractivity contribution in [3.05, 3.63) is 23.5 Å². The predicted molar refractivity (Wildman–Crippen MR) is 67.6 cm³/mol. The Labute approximate surface area is 103 Å². The van der Waals surface area contributed by atoms with Crippen LogP contribution in [0.5, 0.6) is 0 Å². The van der Waals surface area contributed by atoms with Gasteiger partial charge in [-0.15, -0.1) is 11.3 Å². The van der Waals surface area contributed by atoms with Gasteiger partial charge in [0.25, 0.3) is 0 Å². The van der Waals surface area contributed by atoms with Gasteiger partial charge in [0, 0.05) is 36.5 Å². The number of imidazole rings is 1. The highest BCUT2D eigenvalue weighted by molar-refractivity contribution is 7.90. The van der Waals surface area contributed by atoms with Crippen molar-refractivity contribution in [3.8, 4) is 0 Å². The largest absolute Gasteiger partial charge is 0.297 e. The van der Waals surface area contributed by atoms with Gasteiger partial charge in [0.05, 0.1) is 11.4 Å². The third-order valence-corrected chi connectivity index (χ3v) is 4.12. The molecule has 1 atom stereocenters. The summed E-state index contributed by atoms with van der Waals surface area (Å²) in [5.41, 5.74) is 3.36. The smallest absolute Gasteiger partial charge is 0.193 e. The lowest BCUT2D eigenvalue weighted by Crippen LogP contribution is -2.41. The zero-order chi connectivity index (χ0) is 12.5. The molecule has 0 aliphatic heterocycles. The molecule has 1 unspecified atom stereocenters. The molecule has 6 nitrogen and oxygen atoms in total. The molecule has 0 amide bonds. The van der Waals surface area contributed by atoms with Gasteiger partial charge in [-0.25, -0.2) is 13.4 Å². The number of aromatic nitrogens is 2. The predicted octanol–water partition coefficient (Wildman–Crippen LogP) is -0.185. The molecule has 2 aromatic heterocycles. The Morgan fingerprint density at radius 2 is 2.41 bits per heavy atom. The molecule has 0 spiro atoms. The quantitative estimate of drug-likeness (QED) is 0.583. The number of hydrazine groups is 1. The Morgan fingerprint density at radius 3 is 3.00 bits per heavy atom. The maximum atomic E-state index is 11.2. The molecule has 2 heterocycles. The fraction of sp³-hybridized carbons (Fsp3) is 0.444. The van der Waals surface area contributed by atoms with Gasteiger partial charge in [-0.05, 0) is 0 Å². The Bertz CT molecular complexity index is 573. The number of fused-ring (bicyclic) bond motifs is 1. The van der Waals surface area contributed by atoms with E-state index in [-0.39, 0.29) is 11.8 Å². The number of nitrogens with zero attached hydrogens (tertiary/aromatic N) is 2. The normalized spacial score (nSPS) is 14.2. The highest BCUT2D eigenvalue weighted by atomic mass is 32.2. The van der Waals surface area contributed by atoms with Gasteiger partial charge in [-0.1, -0.05) is 0 Å². The number of hydrogen-bond acceptors (Lipinski definition) is 6. The molecule has 0 saturated heterocycles. The fourth-order valence-corrected chi connectivity index (χ4v) is 3.32. The van der Waals surface area contributed by atoms with E-state index >= 15 is 0 Å². The van der Waals surface area contributed by atoms with Crippen LogP contribution in [0.1, 0.15) is 5.69 Å². The molecule has 0 aliphatic carbocycles. The van der Waals surface area contributed by atoms with Crippen LogP contribution in [0.3, 0.4) is 0 Å². The van der Waals surface area contributed by atoms with Crippen LogP contribution in [0.25, 0.3) is 4.96 Å². The zero-order valence-electron chi connectivity index (χ0n) is 9.33. The van der Waals surface area contributed by atoms with Gasteiger partial charge < -0.3 is 0 Å². The van der Waals surface area contributed by atoms with Crippen LogP contribution < -0.4 is 11.3 Å². The molecule has 0 radical (unpaired) electrons. The highest BCUT2D eigenvalue weighted by Gasteiger charge is 2.16. The molecular formula is C9H14N4O2S2. The number of sulfone groups is 1. The monoisotopic (exact) mass is 274 g/mol. The number of rotatable bonds is 5. The van der Waals surface area contributed by atoms with Crippen LogP contribution in [0.2, 0.25) is 0 Å². The van der Waals surface area contributed by atoms with Crippen molar-refractivity contribution in [1.82, 2.24) is 14.8 Å². The van der Waals surface area contributed by atoms with E-state index in [2.05, 4.69) is 10.4 Å². The summed E-state index contributed by atoms with van der Waals surface area (Å²) in [6.45, 7) is 0. The maximum Gasteiger partial charge on any atom is 0.193 e. The van der Waals surface area contributed by atoms with Crippen molar-refractivity contribution in [2.45, 2.75) is 12.5 Å². The van der Waals surface area contributed by atoms with E-state index < -0.39 is 9.84 Å². The summed E-state index contributed by atoms with van der Waals surface area (Å²) in [5, 5.41) is 1.95. The summed E-state index contributed by atoms with van der Waals surface area (Å²) in [6.07, 6.45) is 5.50. The van der Waals surface area contributed by atoms with Gasteiger partial charge in [0.15, 0.2) is 4.96 Å². The van der Waals surface area contributed by atoms with E-state index in [0.29, 0.717) is 6.42 Å². The molecule has 0 bridgehead atoms. The average molecular weight is 274 g/mol. The third-order valence-electron chi connectivity index (χ3n) is 2.34. The van der Waals surface area contributed by atoms with E-state index in [0.717, 1.165) is 10.7 Å². The van der Waals surface area contributed by atoms with E-state index in [9.17, 15) is 8.42 Å². The lowest BCUT2D eigenvalue weighted by molar-refractivity contribution is 0.543. The van der Waals surface area contributed by atoms with Gasteiger partial charge >= 0.3 is 0 Å². The molecule has 0 aromatic carbocycles. The standard InChI is InChI=1S/C9H14N4O2S2/c1-17(14,15)6-8(12-10)4-7-5-13-2-3-16-9(13)11-7/h2-3,5,8,12H,4,6,10H2,1H3. The number of nitrogens with two attached hydrogens (primary N) is 1. The van der Waals surface area contributed by atoms with E-state index in [1.807, 2.05) is 22.2 Å². The minimum atomic E-state index is -3.05. The molecule has 8 heteroatoms. The van der Waals surface area contributed by atoms with Gasteiger partial charge in [-0.3, -0.25) is 15.7 Å². The first kappa shape index (κ1) is 12.5. The van der Waals surface area contributed by atoms with Crippen molar-refractivity contribution in [1.29, 1.82) is 0 Å². The summed E-state index contributed by atoms with van der Waals surface area (Å²) >= 11 is 1.54. The molecule has 0 fully saturated rings. The Kier molecular flexibility index (Phi) is 3.48. The highest BCUT2D eigenvalue weighted by Crippen LogP contribution is 2.12. The number of hydrogen-bond donors (Lipinski definition) is 2. The molecule has 94 valence electrons. The van der Waals surface area contributed by atoms with Crippen LogP contribution in [0.4, 0.5) is 0 Å². The van der Waals surface area contributed by atoms with Gasteiger partial charge in [0.1, 0.15) is 9.84 Å². The van der Waals surface area contributed by atoms with Crippen molar-refractivity contribution < 1.29 is 8.42 Å². The van der Waals surface area contributed by atoms with Crippen LogP contribution in [0.15, 0.2) is 17.8 Å². The van der Waals surface area contributed by atoms with E-state index in [1.54, 1.807) is 0 Å². The Hall–Kier alpha value is -0.960. The van der Waals surface area contributed by atoms with E-state index in [1.165, 1.54) is 17.6 Å². The van der Waals surface area contributed by atoms with Crippen LogP contribution in [-0.4, -0.2) is 35.9 Å². The third kappa shape index (κ3) is 3.25. The van der Waals surface area contributed by atoms with Gasteiger partial charge in [0.2, 0.25) is 0 Å². The molecule has 0 saturated carbocycles. The Balaban J connectivity index is 2.11. The summed E-state index contributed by atoms with van der Waals surface area (Å²) in [6, 6.07) is -0.311. The Morgan fingerprint density at radius 1 is 1.65 bits per heavy atom. The van der Waals surface area contributed by atoms with Crippen LogP contribution in [-0.2, 0) is 16.3 Å². The molecule has 2 rings (SSSR count). The van der Waals surface area contributed by atoms with E-state index in [4.69, 9.17) is 5.84 Å². The van der Waals surface area contributed by atoms with Crippen molar-refractivity contribution in [2.75, 3.05) is 12.0 Å². The second-order valence-electron chi connectivity index (χ2n) is 3.99. The van der Waals surface area contributed by atoms with Crippen LogP contribution in [0, 0.1) is 0 Å². The van der Waals surface area contributed by atoms with Crippen molar-refractivity contribution in [3.63, 3.8) is 0 Å². The summed E-state index contributed by atoms with van der Waals surface area (Å²) in [7, 11) is -3.05. The van der Waals surface area contributed by atoms with Crippen molar-refractivity contribution >= 4 is 26.1 Å². The molecule has 3 N–H and O–H groups in total. The van der Waals surface area contributed by atoms with Crippen LogP contribution >= 0.6 is 11.3 Å². The minimum absolute atomic E-state index is 0.00861. The fourth-order valence-electron chi connectivity index (χ4n) is 1.66. The first-order valence-electron chi connectivity index (χ1n) is 5.03. The second-order valence-corrected chi connectivity index (χ2v) is 7.04. The maximum absolute atomic E-state index is 11.2. The summed E-state index contributed by atoms with van der Waals surface area (Å²) in [4.78, 5) is 5.28. The first-order valence-corrected chi connectivity index (χ1v) is 7.97. The zero-order valence-corrected chi connectivity index (χ0v) is 11.0.